The minimum absolute atomic E-state index is 0.110. The third-order valence-corrected chi connectivity index (χ3v) is 2.45. The zero-order chi connectivity index (χ0) is 11.6. The molecular weight excluding hydrogens is 208 g/mol. The predicted molar refractivity (Wildman–Crippen MR) is 59.7 cm³/mol. The summed E-state index contributed by atoms with van der Waals surface area (Å²) < 4.78 is 5.28. The second-order valence-corrected chi connectivity index (χ2v) is 3.79. The van der Waals surface area contributed by atoms with E-state index in [-0.39, 0.29) is 18.7 Å². The van der Waals surface area contributed by atoms with Gasteiger partial charge in [-0.3, -0.25) is 0 Å². The summed E-state index contributed by atoms with van der Waals surface area (Å²) in [5, 5.41) is 0. The molecule has 1 fully saturated rings. The van der Waals surface area contributed by atoms with Crippen LogP contribution in [0.1, 0.15) is 39.0 Å². The zero-order valence-electron chi connectivity index (χ0n) is 9.81. The fourth-order valence-electron chi connectivity index (χ4n) is 1.70. The van der Waals surface area contributed by atoms with Crippen molar-refractivity contribution in [3.8, 4) is 0 Å². The lowest BCUT2D eigenvalue weighted by Crippen LogP contribution is -2.19. The second kappa shape index (κ2) is 8.30. The zero-order valence-corrected chi connectivity index (χ0v) is 9.81. The van der Waals surface area contributed by atoms with Gasteiger partial charge >= 0.3 is 5.97 Å². The van der Waals surface area contributed by atoms with Crippen LogP contribution in [-0.2, 0) is 19.3 Å². The van der Waals surface area contributed by atoms with Crippen molar-refractivity contribution in [3.05, 3.63) is 12.2 Å². The molecule has 1 rings (SSSR count). The van der Waals surface area contributed by atoms with Crippen LogP contribution >= 0.6 is 0 Å². The number of carbonyl (C=O) groups is 1. The highest BCUT2D eigenvalue weighted by Crippen LogP contribution is 2.20. The Bertz CT molecular complexity index is 219. The van der Waals surface area contributed by atoms with E-state index >= 15 is 0 Å². The van der Waals surface area contributed by atoms with Gasteiger partial charge < -0.3 is 4.74 Å². The second-order valence-electron chi connectivity index (χ2n) is 3.79. The van der Waals surface area contributed by atoms with Crippen LogP contribution in [0.3, 0.4) is 0 Å². The molecule has 1 aliphatic carbocycles. The minimum atomic E-state index is -0.285. The van der Waals surface area contributed by atoms with Gasteiger partial charge in [0, 0.05) is 6.08 Å². The van der Waals surface area contributed by atoms with Crippen LogP contribution in [0.25, 0.3) is 0 Å². The molecule has 0 heterocycles. The maximum Gasteiger partial charge on any atom is 0.330 e. The van der Waals surface area contributed by atoms with E-state index in [0.717, 1.165) is 25.7 Å². The molecule has 0 aromatic heterocycles. The van der Waals surface area contributed by atoms with E-state index in [1.54, 1.807) is 6.08 Å². The van der Waals surface area contributed by atoms with Crippen LogP contribution in [0.5, 0.6) is 0 Å². The number of hydrogen-bond donors (Lipinski definition) is 0. The predicted octanol–water partition coefficient (Wildman–Crippen LogP) is 2.39. The summed E-state index contributed by atoms with van der Waals surface area (Å²) in [6.07, 6.45) is 8.67. The summed E-state index contributed by atoms with van der Waals surface area (Å²) in [5.74, 6) is -0.285. The quantitative estimate of drug-likeness (QED) is 0.230. The van der Waals surface area contributed by atoms with Gasteiger partial charge in [0.05, 0.1) is 6.61 Å². The average Bonchev–Trinajstić information content (AvgIpc) is 2.30. The molecule has 0 atom stereocenters. The molecule has 0 bridgehead atoms. The van der Waals surface area contributed by atoms with E-state index < -0.39 is 0 Å². The van der Waals surface area contributed by atoms with Gasteiger partial charge in [-0.1, -0.05) is 6.42 Å². The van der Waals surface area contributed by atoms with Crippen molar-refractivity contribution < 1.29 is 19.3 Å². The van der Waals surface area contributed by atoms with Crippen molar-refractivity contribution in [2.75, 3.05) is 13.2 Å². The lowest BCUT2D eigenvalue weighted by molar-refractivity contribution is -0.282. The van der Waals surface area contributed by atoms with Crippen molar-refractivity contribution in [3.63, 3.8) is 0 Å². The first-order chi connectivity index (χ1) is 7.83. The molecule has 4 nitrogen and oxygen atoms in total. The van der Waals surface area contributed by atoms with Crippen molar-refractivity contribution in [2.45, 2.75) is 45.1 Å². The molecule has 0 aliphatic heterocycles. The van der Waals surface area contributed by atoms with Gasteiger partial charge in [0.1, 0.15) is 12.7 Å². The maximum atomic E-state index is 11.3. The Morgan fingerprint density at radius 1 is 1.25 bits per heavy atom. The molecule has 0 unspecified atom stereocenters. The van der Waals surface area contributed by atoms with E-state index in [1.807, 2.05) is 6.92 Å². The van der Waals surface area contributed by atoms with Gasteiger partial charge in [-0.25, -0.2) is 14.6 Å². The van der Waals surface area contributed by atoms with Crippen LogP contribution in [-0.4, -0.2) is 25.3 Å². The van der Waals surface area contributed by atoms with Gasteiger partial charge in [0.15, 0.2) is 0 Å². The Morgan fingerprint density at radius 3 is 2.69 bits per heavy atom. The lowest BCUT2D eigenvalue weighted by Gasteiger charge is -2.20. The van der Waals surface area contributed by atoms with Gasteiger partial charge in [-0.05, 0) is 38.7 Å². The highest BCUT2D eigenvalue weighted by molar-refractivity contribution is 5.82. The van der Waals surface area contributed by atoms with Gasteiger partial charge in [-0.15, -0.1) is 0 Å². The maximum absolute atomic E-state index is 11.3. The third-order valence-electron chi connectivity index (χ3n) is 2.45. The van der Waals surface area contributed by atoms with E-state index in [0.29, 0.717) is 6.61 Å². The number of carbonyl (C=O) groups excluding carboxylic acids is 1. The molecule has 0 aromatic carbocycles. The normalized spacial score (nSPS) is 17.8. The summed E-state index contributed by atoms with van der Waals surface area (Å²) >= 11 is 0. The lowest BCUT2D eigenvalue weighted by atomic mass is 9.98. The van der Waals surface area contributed by atoms with Gasteiger partial charge in [0.25, 0.3) is 0 Å². The molecule has 0 saturated heterocycles. The molecule has 0 aromatic rings. The molecule has 1 aliphatic rings. The Morgan fingerprint density at radius 2 is 2.00 bits per heavy atom. The van der Waals surface area contributed by atoms with E-state index in [2.05, 4.69) is 4.89 Å². The van der Waals surface area contributed by atoms with Gasteiger partial charge in [0.2, 0.25) is 0 Å². The molecule has 0 N–H and O–H groups in total. The molecular formula is C12H20O4. The van der Waals surface area contributed by atoms with E-state index in [9.17, 15) is 4.79 Å². The highest BCUT2D eigenvalue weighted by atomic mass is 17.2. The Labute approximate surface area is 96.5 Å². The van der Waals surface area contributed by atoms with Crippen molar-refractivity contribution in [2.24, 2.45) is 0 Å². The van der Waals surface area contributed by atoms with Crippen LogP contribution in [0.2, 0.25) is 0 Å². The summed E-state index contributed by atoms with van der Waals surface area (Å²) in [5.41, 5.74) is 0. The molecule has 16 heavy (non-hydrogen) atoms. The molecule has 92 valence electrons. The number of hydrogen-bond acceptors (Lipinski definition) is 4. The molecule has 0 spiro atoms. The topological polar surface area (TPSA) is 44.8 Å². The van der Waals surface area contributed by atoms with Crippen LogP contribution in [0.4, 0.5) is 0 Å². The highest BCUT2D eigenvalue weighted by Gasteiger charge is 2.15. The largest absolute Gasteiger partial charge is 0.459 e. The Kier molecular flexibility index (Phi) is 6.85. The minimum Gasteiger partial charge on any atom is -0.459 e. The molecule has 0 radical (unpaired) electrons. The van der Waals surface area contributed by atoms with Crippen molar-refractivity contribution in [1.82, 2.24) is 0 Å². The standard InChI is InChI=1S/C12H20O4/c1-2-14-15-10-6-9-12(13)16-11-7-4-3-5-8-11/h6,9,11H,2-5,7-8,10H2,1H3. The third kappa shape index (κ3) is 5.88. The SMILES string of the molecule is CCOOCC=CC(=O)OC1CCCCC1. The first-order valence-electron chi connectivity index (χ1n) is 5.94. The molecule has 4 heteroatoms. The summed E-state index contributed by atoms with van der Waals surface area (Å²) in [4.78, 5) is 20.7. The van der Waals surface area contributed by atoms with Crippen molar-refractivity contribution in [1.29, 1.82) is 0 Å². The Balaban J connectivity index is 2.09. The van der Waals surface area contributed by atoms with Crippen molar-refractivity contribution >= 4 is 5.97 Å². The van der Waals surface area contributed by atoms with Gasteiger partial charge in [-0.2, -0.15) is 0 Å². The summed E-state index contributed by atoms with van der Waals surface area (Å²) in [7, 11) is 0. The fraction of sp³-hybridized carbons (Fsp3) is 0.750. The van der Waals surface area contributed by atoms with E-state index in [1.165, 1.54) is 12.5 Å². The number of rotatable bonds is 6. The van der Waals surface area contributed by atoms with Crippen LogP contribution in [0.15, 0.2) is 12.2 Å². The average molecular weight is 228 g/mol. The number of esters is 1. The first kappa shape index (κ1) is 13.2. The smallest absolute Gasteiger partial charge is 0.330 e. The summed E-state index contributed by atoms with van der Waals surface area (Å²) in [6, 6.07) is 0. The van der Waals surface area contributed by atoms with Crippen LogP contribution in [0, 0.1) is 0 Å². The monoisotopic (exact) mass is 228 g/mol. The summed E-state index contributed by atoms with van der Waals surface area (Å²) in [6.45, 7) is 2.61. The Hall–Kier alpha value is -0.870. The van der Waals surface area contributed by atoms with E-state index in [4.69, 9.17) is 9.62 Å². The number of ether oxygens (including phenoxy) is 1. The fourth-order valence-corrected chi connectivity index (χ4v) is 1.70. The van der Waals surface area contributed by atoms with Crippen LogP contribution < -0.4 is 0 Å². The first-order valence-corrected chi connectivity index (χ1v) is 5.94. The molecule has 1 saturated carbocycles. The molecule has 0 amide bonds.